The largest absolute Gasteiger partial charge is 0.497 e. The maximum absolute atomic E-state index is 11.8. The minimum Gasteiger partial charge on any atom is -0.497 e. The third-order valence-electron chi connectivity index (χ3n) is 3.62. The van der Waals surface area contributed by atoms with Crippen molar-refractivity contribution in [3.63, 3.8) is 0 Å². The van der Waals surface area contributed by atoms with Crippen LogP contribution in [0.1, 0.15) is 25.7 Å². The number of nitrogens with zero attached hydrogens (tertiary/aromatic N) is 1. The van der Waals surface area contributed by atoms with Gasteiger partial charge in [0, 0.05) is 31.2 Å². The number of ether oxygens (including phenoxy) is 1. The van der Waals surface area contributed by atoms with Crippen LogP contribution < -0.4 is 20.7 Å². The predicted molar refractivity (Wildman–Crippen MR) is 84.7 cm³/mol. The molecular weight excluding hydrogens is 266 g/mol. The number of hydrogen-bond donors (Lipinski definition) is 2. The van der Waals surface area contributed by atoms with Gasteiger partial charge in [0.2, 0.25) is 5.91 Å². The number of anilines is 1. The van der Waals surface area contributed by atoms with Gasteiger partial charge in [0.05, 0.1) is 7.11 Å². The number of carbonyl (C=O) groups excluding carboxylic acids is 1. The number of amides is 1. The summed E-state index contributed by atoms with van der Waals surface area (Å²) in [7, 11) is 1.66. The van der Waals surface area contributed by atoms with Gasteiger partial charge in [-0.25, -0.2) is 0 Å². The van der Waals surface area contributed by atoms with Crippen LogP contribution in [0.25, 0.3) is 0 Å². The molecule has 21 heavy (non-hydrogen) atoms. The molecule has 1 aromatic rings. The van der Waals surface area contributed by atoms with Gasteiger partial charge in [-0.2, -0.15) is 0 Å². The highest BCUT2D eigenvalue weighted by Gasteiger charge is 2.23. The molecule has 1 amide bonds. The molecule has 5 heteroatoms. The van der Waals surface area contributed by atoms with E-state index in [1.165, 1.54) is 0 Å². The molecule has 0 atom stereocenters. The maximum atomic E-state index is 11.8. The molecule has 0 aromatic heterocycles. The zero-order chi connectivity index (χ0) is 15.1. The van der Waals surface area contributed by atoms with Gasteiger partial charge in [-0.3, -0.25) is 4.79 Å². The first kappa shape index (κ1) is 15.6. The van der Waals surface area contributed by atoms with Gasteiger partial charge < -0.3 is 20.7 Å². The normalized spacial score (nSPS) is 13.8. The molecule has 0 saturated heterocycles. The zero-order valence-electron chi connectivity index (χ0n) is 12.7. The van der Waals surface area contributed by atoms with Gasteiger partial charge in [0.25, 0.3) is 0 Å². The number of nitrogens with one attached hydrogen (secondary N) is 1. The number of rotatable bonds is 9. The number of nitrogens with two attached hydrogens (primary N) is 1. The molecule has 0 spiro atoms. The third-order valence-corrected chi connectivity index (χ3v) is 3.62. The fraction of sp³-hybridized carbons (Fsp3) is 0.562. The van der Waals surface area contributed by atoms with E-state index in [-0.39, 0.29) is 5.91 Å². The molecule has 1 saturated carbocycles. The molecule has 1 aliphatic carbocycles. The highest BCUT2D eigenvalue weighted by Crippen LogP contribution is 2.21. The Morgan fingerprint density at radius 1 is 1.33 bits per heavy atom. The van der Waals surface area contributed by atoms with Crippen LogP contribution in [0.4, 0.5) is 5.69 Å². The maximum Gasteiger partial charge on any atom is 0.221 e. The van der Waals surface area contributed by atoms with Crippen LogP contribution in [0.5, 0.6) is 5.75 Å². The molecule has 1 aliphatic rings. The van der Waals surface area contributed by atoms with Crippen LogP contribution in [-0.2, 0) is 4.79 Å². The topological polar surface area (TPSA) is 67.6 Å². The van der Waals surface area contributed by atoms with E-state index >= 15 is 0 Å². The number of benzene rings is 1. The van der Waals surface area contributed by atoms with E-state index in [1.807, 2.05) is 24.3 Å². The number of hydrogen-bond acceptors (Lipinski definition) is 4. The Labute approximate surface area is 126 Å². The summed E-state index contributed by atoms with van der Waals surface area (Å²) in [4.78, 5) is 14.0. The van der Waals surface area contributed by atoms with E-state index in [0.29, 0.717) is 25.6 Å². The molecule has 0 aliphatic heterocycles. The number of carbonyl (C=O) groups is 1. The Hall–Kier alpha value is -1.75. The SMILES string of the molecule is COc1ccc(N(CCCN)CCC(=O)NC2CC2)cc1. The summed E-state index contributed by atoms with van der Waals surface area (Å²) in [5, 5.41) is 3.02. The summed E-state index contributed by atoms with van der Waals surface area (Å²) in [6.45, 7) is 2.23. The van der Waals surface area contributed by atoms with Crippen LogP contribution in [0.3, 0.4) is 0 Å². The summed E-state index contributed by atoms with van der Waals surface area (Å²) < 4.78 is 5.18. The highest BCUT2D eigenvalue weighted by molar-refractivity contribution is 5.77. The van der Waals surface area contributed by atoms with Gasteiger partial charge >= 0.3 is 0 Å². The Balaban J connectivity index is 1.90. The second-order valence-corrected chi connectivity index (χ2v) is 5.42. The molecule has 1 aromatic carbocycles. The lowest BCUT2D eigenvalue weighted by molar-refractivity contribution is -0.121. The quantitative estimate of drug-likeness (QED) is 0.724. The van der Waals surface area contributed by atoms with Crippen molar-refractivity contribution in [3.05, 3.63) is 24.3 Å². The van der Waals surface area contributed by atoms with Crippen molar-refractivity contribution in [1.29, 1.82) is 0 Å². The van der Waals surface area contributed by atoms with Crippen molar-refractivity contribution in [3.8, 4) is 5.75 Å². The van der Waals surface area contributed by atoms with Crippen LogP contribution in [0, 0.1) is 0 Å². The molecule has 1 fully saturated rings. The lowest BCUT2D eigenvalue weighted by Gasteiger charge is -2.24. The second-order valence-electron chi connectivity index (χ2n) is 5.42. The van der Waals surface area contributed by atoms with Gasteiger partial charge in [-0.1, -0.05) is 0 Å². The lowest BCUT2D eigenvalue weighted by atomic mass is 10.2. The van der Waals surface area contributed by atoms with Crippen LogP contribution >= 0.6 is 0 Å². The van der Waals surface area contributed by atoms with Crippen molar-refractivity contribution in [2.75, 3.05) is 31.6 Å². The van der Waals surface area contributed by atoms with E-state index < -0.39 is 0 Å². The molecular formula is C16H25N3O2. The Morgan fingerprint density at radius 3 is 2.62 bits per heavy atom. The fourth-order valence-electron chi connectivity index (χ4n) is 2.21. The monoisotopic (exact) mass is 291 g/mol. The zero-order valence-corrected chi connectivity index (χ0v) is 12.7. The van der Waals surface area contributed by atoms with Gasteiger partial charge in [0.15, 0.2) is 0 Å². The smallest absolute Gasteiger partial charge is 0.221 e. The van der Waals surface area contributed by atoms with Crippen molar-refractivity contribution in [2.45, 2.75) is 31.7 Å². The standard InChI is InChI=1S/C16H25N3O2/c1-21-15-7-5-14(6-8-15)19(11-2-10-17)12-9-16(20)18-13-3-4-13/h5-8,13H,2-4,9-12,17H2,1H3,(H,18,20). The Morgan fingerprint density at radius 2 is 2.05 bits per heavy atom. The molecule has 2 rings (SSSR count). The van der Waals surface area contributed by atoms with E-state index in [9.17, 15) is 4.79 Å². The van der Waals surface area contributed by atoms with E-state index in [0.717, 1.165) is 37.2 Å². The summed E-state index contributed by atoms with van der Waals surface area (Å²) in [6.07, 6.45) is 3.69. The van der Waals surface area contributed by atoms with Crippen LogP contribution in [0.2, 0.25) is 0 Å². The van der Waals surface area contributed by atoms with Crippen molar-refractivity contribution < 1.29 is 9.53 Å². The van der Waals surface area contributed by atoms with Gasteiger partial charge in [-0.05, 0) is 50.1 Å². The van der Waals surface area contributed by atoms with E-state index in [1.54, 1.807) is 7.11 Å². The first-order chi connectivity index (χ1) is 10.2. The second kappa shape index (κ2) is 7.88. The molecule has 0 unspecified atom stereocenters. The molecule has 116 valence electrons. The number of methoxy groups -OCH3 is 1. The molecule has 0 heterocycles. The van der Waals surface area contributed by atoms with E-state index in [4.69, 9.17) is 10.5 Å². The third kappa shape index (κ3) is 5.27. The molecule has 3 N–H and O–H groups in total. The molecule has 0 radical (unpaired) electrons. The summed E-state index contributed by atoms with van der Waals surface area (Å²) >= 11 is 0. The van der Waals surface area contributed by atoms with Crippen LogP contribution in [-0.4, -0.2) is 38.7 Å². The van der Waals surface area contributed by atoms with Gasteiger partial charge in [-0.15, -0.1) is 0 Å². The van der Waals surface area contributed by atoms with Crippen molar-refractivity contribution in [1.82, 2.24) is 5.32 Å². The minimum atomic E-state index is 0.142. The molecule has 0 bridgehead atoms. The highest BCUT2D eigenvalue weighted by atomic mass is 16.5. The van der Waals surface area contributed by atoms with Crippen molar-refractivity contribution >= 4 is 11.6 Å². The van der Waals surface area contributed by atoms with Gasteiger partial charge in [0.1, 0.15) is 5.75 Å². The summed E-state index contributed by atoms with van der Waals surface area (Å²) in [6, 6.07) is 8.35. The predicted octanol–water partition coefficient (Wildman–Crippen LogP) is 1.52. The van der Waals surface area contributed by atoms with E-state index in [2.05, 4.69) is 10.2 Å². The van der Waals surface area contributed by atoms with Crippen molar-refractivity contribution in [2.24, 2.45) is 5.73 Å². The molecule has 5 nitrogen and oxygen atoms in total. The average molecular weight is 291 g/mol. The Bertz CT molecular complexity index is 443. The summed E-state index contributed by atoms with van der Waals surface area (Å²) in [5.74, 6) is 0.979. The average Bonchev–Trinajstić information content (AvgIpc) is 3.31. The Kier molecular flexibility index (Phi) is 5.87. The first-order valence-electron chi connectivity index (χ1n) is 7.61. The van der Waals surface area contributed by atoms with Crippen LogP contribution in [0.15, 0.2) is 24.3 Å². The minimum absolute atomic E-state index is 0.142. The first-order valence-corrected chi connectivity index (χ1v) is 7.61. The fourth-order valence-corrected chi connectivity index (χ4v) is 2.21. The summed E-state index contributed by atoms with van der Waals surface area (Å²) in [5.41, 5.74) is 6.71. The lowest BCUT2D eigenvalue weighted by Crippen LogP contribution is -2.33.